The van der Waals surface area contributed by atoms with Crippen LogP contribution in [0.1, 0.15) is 22.8 Å². The number of halogens is 2. The zero-order valence-corrected chi connectivity index (χ0v) is 16.7. The van der Waals surface area contributed by atoms with E-state index in [2.05, 4.69) is 5.32 Å². The van der Waals surface area contributed by atoms with Crippen molar-refractivity contribution in [3.8, 4) is 5.75 Å². The van der Waals surface area contributed by atoms with Gasteiger partial charge < -0.3 is 14.5 Å². The maximum absolute atomic E-state index is 12.0. The highest BCUT2D eigenvalue weighted by atomic mass is 35.5. The van der Waals surface area contributed by atoms with Crippen molar-refractivity contribution in [2.75, 3.05) is 6.54 Å². The largest absolute Gasteiger partial charge is 0.423 e. The Morgan fingerprint density at radius 2 is 1.90 bits per heavy atom. The molecule has 0 atom stereocenters. The van der Waals surface area contributed by atoms with Crippen LogP contribution < -0.4 is 15.7 Å². The number of carbonyl (C=O) groups is 2. The van der Waals surface area contributed by atoms with Gasteiger partial charge in [0.05, 0.1) is 10.0 Å². The Bertz CT molecular complexity index is 1180. The van der Waals surface area contributed by atoms with Gasteiger partial charge in [0.25, 0.3) is 5.91 Å². The quantitative estimate of drug-likeness (QED) is 0.278. The Morgan fingerprint density at radius 3 is 2.62 bits per heavy atom. The lowest BCUT2D eigenvalue weighted by atomic mass is 10.1. The van der Waals surface area contributed by atoms with Crippen molar-refractivity contribution >= 4 is 52.1 Å². The fourth-order valence-corrected chi connectivity index (χ4v) is 2.81. The van der Waals surface area contributed by atoms with Crippen LogP contribution in [0.3, 0.4) is 0 Å². The van der Waals surface area contributed by atoms with Crippen LogP contribution in [0, 0.1) is 0 Å². The molecule has 29 heavy (non-hydrogen) atoms. The zero-order chi connectivity index (χ0) is 21.0. The highest BCUT2D eigenvalue weighted by molar-refractivity contribution is 6.42. The molecular weight excluding hydrogens is 417 g/mol. The molecular formula is C21H15Cl2NO5. The third-order valence-corrected chi connectivity index (χ3v) is 4.60. The average Bonchev–Trinajstić information content (AvgIpc) is 2.68. The van der Waals surface area contributed by atoms with Crippen molar-refractivity contribution in [2.24, 2.45) is 0 Å². The van der Waals surface area contributed by atoms with E-state index < -0.39 is 17.5 Å². The molecule has 2 aromatic carbocycles. The molecule has 6 nitrogen and oxygen atoms in total. The Morgan fingerprint density at radius 1 is 1.10 bits per heavy atom. The maximum Gasteiger partial charge on any atom is 0.349 e. The van der Waals surface area contributed by atoms with Gasteiger partial charge in [-0.3, -0.25) is 4.79 Å². The first-order valence-electron chi connectivity index (χ1n) is 8.58. The van der Waals surface area contributed by atoms with Gasteiger partial charge in [-0.2, -0.15) is 0 Å². The summed E-state index contributed by atoms with van der Waals surface area (Å²) in [7, 11) is 0. The van der Waals surface area contributed by atoms with Crippen molar-refractivity contribution in [1.29, 1.82) is 0 Å². The molecule has 0 bridgehead atoms. The molecule has 0 fully saturated rings. The number of fused-ring (bicyclic) bond motifs is 1. The normalized spacial score (nSPS) is 11.0. The smallest absolute Gasteiger partial charge is 0.349 e. The molecule has 0 radical (unpaired) electrons. The van der Waals surface area contributed by atoms with Gasteiger partial charge in [-0.15, -0.1) is 0 Å². The van der Waals surface area contributed by atoms with Crippen LogP contribution in [0.4, 0.5) is 0 Å². The molecule has 0 saturated carbocycles. The minimum absolute atomic E-state index is 0.0892. The van der Waals surface area contributed by atoms with Crippen molar-refractivity contribution in [1.82, 2.24) is 5.32 Å². The van der Waals surface area contributed by atoms with E-state index in [1.54, 1.807) is 31.2 Å². The molecule has 0 aliphatic heterocycles. The number of amides is 1. The van der Waals surface area contributed by atoms with Gasteiger partial charge in [0.1, 0.15) is 16.9 Å². The van der Waals surface area contributed by atoms with Crippen molar-refractivity contribution < 1.29 is 18.7 Å². The van der Waals surface area contributed by atoms with Crippen molar-refractivity contribution in [3.63, 3.8) is 0 Å². The molecule has 1 aromatic heterocycles. The van der Waals surface area contributed by atoms with Gasteiger partial charge in [0, 0.05) is 24.1 Å². The van der Waals surface area contributed by atoms with Crippen LogP contribution in [0.25, 0.3) is 17.0 Å². The average molecular weight is 432 g/mol. The molecule has 3 rings (SSSR count). The van der Waals surface area contributed by atoms with Crippen LogP contribution in [0.5, 0.6) is 5.75 Å². The predicted octanol–water partition coefficient (Wildman–Crippen LogP) is 4.47. The first-order valence-corrected chi connectivity index (χ1v) is 9.34. The van der Waals surface area contributed by atoms with Gasteiger partial charge in [-0.1, -0.05) is 29.3 Å². The Labute approximate surface area is 175 Å². The topological polar surface area (TPSA) is 85.6 Å². The maximum atomic E-state index is 12.0. The van der Waals surface area contributed by atoms with E-state index >= 15 is 0 Å². The lowest BCUT2D eigenvalue weighted by Gasteiger charge is -2.05. The number of esters is 1. The molecule has 1 heterocycles. The van der Waals surface area contributed by atoms with Crippen LogP contribution in [0.2, 0.25) is 10.0 Å². The van der Waals surface area contributed by atoms with Crippen LogP contribution >= 0.6 is 23.2 Å². The summed E-state index contributed by atoms with van der Waals surface area (Å²) >= 11 is 11.8. The zero-order valence-electron chi connectivity index (χ0n) is 15.2. The lowest BCUT2D eigenvalue weighted by Crippen LogP contribution is -2.27. The minimum Gasteiger partial charge on any atom is -0.423 e. The molecule has 1 N–H and O–H groups in total. The first-order chi connectivity index (χ1) is 13.9. The van der Waals surface area contributed by atoms with E-state index in [1.165, 1.54) is 30.4 Å². The summed E-state index contributed by atoms with van der Waals surface area (Å²) in [6, 6.07) is 10.9. The van der Waals surface area contributed by atoms with Gasteiger partial charge in [-0.05, 0) is 48.9 Å². The van der Waals surface area contributed by atoms with E-state index in [1.807, 2.05) is 0 Å². The van der Waals surface area contributed by atoms with E-state index in [0.717, 1.165) is 0 Å². The number of hydrogen-bond donors (Lipinski definition) is 1. The van der Waals surface area contributed by atoms with Crippen LogP contribution in [0.15, 0.2) is 57.8 Å². The summed E-state index contributed by atoms with van der Waals surface area (Å²) in [6.45, 7) is 2.14. The van der Waals surface area contributed by atoms with Gasteiger partial charge in [-0.25, -0.2) is 9.59 Å². The number of hydrogen-bond acceptors (Lipinski definition) is 5. The molecule has 148 valence electrons. The second kappa shape index (κ2) is 8.94. The molecule has 1 amide bonds. The summed E-state index contributed by atoms with van der Waals surface area (Å²) < 4.78 is 10.4. The molecule has 0 spiro atoms. The van der Waals surface area contributed by atoms with Crippen molar-refractivity contribution in [2.45, 2.75) is 6.92 Å². The van der Waals surface area contributed by atoms with E-state index in [9.17, 15) is 14.4 Å². The number of nitrogens with one attached hydrogen (secondary N) is 1. The van der Waals surface area contributed by atoms with Gasteiger partial charge in [0.15, 0.2) is 0 Å². The molecule has 8 heteroatoms. The first kappa shape index (κ1) is 20.6. The fraction of sp³-hybridized carbons (Fsp3) is 0.0952. The fourth-order valence-electron chi connectivity index (χ4n) is 2.50. The number of rotatable bonds is 5. The Kier molecular flexibility index (Phi) is 6.36. The summed E-state index contributed by atoms with van der Waals surface area (Å²) in [5, 5.41) is 3.86. The molecule has 0 unspecified atom stereocenters. The lowest BCUT2D eigenvalue weighted by molar-refractivity contribution is -0.128. The standard InChI is InChI=1S/C21H15Cl2NO5/c1-2-24-20(26)15-10-13-5-6-14(11-18(13)29-21(15)27)28-19(25)8-4-12-3-7-16(22)17(23)9-12/h3-11H,2H2,1H3,(H,24,26)/b8-4+. The SMILES string of the molecule is CCNC(=O)c1cc2ccc(OC(=O)/C=C/c3ccc(Cl)c(Cl)c3)cc2oc1=O. The van der Waals surface area contributed by atoms with E-state index in [-0.39, 0.29) is 16.9 Å². The molecule has 0 aliphatic carbocycles. The predicted molar refractivity (Wildman–Crippen MR) is 112 cm³/mol. The second-order valence-corrected chi connectivity index (χ2v) is 6.75. The summed E-state index contributed by atoms with van der Waals surface area (Å²) in [4.78, 5) is 36.0. The summed E-state index contributed by atoms with van der Waals surface area (Å²) in [5.41, 5.74) is 0.0145. The third-order valence-electron chi connectivity index (χ3n) is 3.86. The minimum atomic E-state index is -0.772. The van der Waals surface area contributed by atoms with Gasteiger partial charge in [0.2, 0.25) is 0 Å². The van der Waals surface area contributed by atoms with E-state index in [0.29, 0.717) is 27.5 Å². The van der Waals surface area contributed by atoms with Crippen LogP contribution in [-0.2, 0) is 4.79 Å². The van der Waals surface area contributed by atoms with Gasteiger partial charge >= 0.3 is 11.6 Å². The summed E-state index contributed by atoms with van der Waals surface area (Å²) in [6.07, 6.45) is 2.77. The number of ether oxygens (including phenoxy) is 1. The monoisotopic (exact) mass is 431 g/mol. The van der Waals surface area contributed by atoms with E-state index in [4.69, 9.17) is 32.4 Å². The van der Waals surface area contributed by atoms with Crippen LogP contribution in [-0.4, -0.2) is 18.4 Å². The number of benzene rings is 2. The molecule has 0 saturated heterocycles. The molecule has 3 aromatic rings. The summed E-state index contributed by atoms with van der Waals surface area (Å²) in [5.74, 6) is -0.946. The highest BCUT2D eigenvalue weighted by Crippen LogP contribution is 2.23. The Balaban J connectivity index is 1.77. The van der Waals surface area contributed by atoms with Crippen molar-refractivity contribution in [3.05, 3.63) is 80.1 Å². The third kappa shape index (κ3) is 5.04. The second-order valence-electron chi connectivity index (χ2n) is 5.93. The molecule has 0 aliphatic rings. The Hall–Kier alpha value is -3.09. The number of carbonyl (C=O) groups excluding carboxylic acids is 2. The highest BCUT2D eigenvalue weighted by Gasteiger charge is 2.13.